The standard InChI is InChI=1S/C17H19ClFN/c1-12(14-6-4-3-5-7-14)11-20-13(2)16-9-8-15(19)10-17(16)18/h3-10,12-13,20H,11H2,1-2H3. The van der Waals surface area contributed by atoms with Crippen LogP contribution in [-0.2, 0) is 0 Å². The van der Waals surface area contributed by atoms with Crippen molar-refractivity contribution >= 4 is 11.6 Å². The van der Waals surface area contributed by atoms with Crippen LogP contribution in [0.4, 0.5) is 4.39 Å². The molecule has 3 heteroatoms. The van der Waals surface area contributed by atoms with Crippen LogP contribution in [0.25, 0.3) is 0 Å². The molecular weight excluding hydrogens is 273 g/mol. The van der Waals surface area contributed by atoms with Gasteiger partial charge in [-0.2, -0.15) is 0 Å². The molecule has 0 aliphatic carbocycles. The summed E-state index contributed by atoms with van der Waals surface area (Å²) < 4.78 is 13.0. The van der Waals surface area contributed by atoms with Crippen LogP contribution in [0.2, 0.25) is 5.02 Å². The van der Waals surface area contributed by atoms with Crippen LogP contribution in [0, 0.1) is 5.82 Å². The van der Waals surface area contributed by atoms with E-state index in [1.54, 1.807) is 6.07 Å². The zero-order chi connectivity index (χ0) is 14.5. The molecule has 0 radical (unpaired) electrons. The quantitative estimate of drug-likeness (QED) is 0.823. The summed E-state index contributed by atoms with van der Waals surface area (Å²) in [6.45, 7) is 5.07. The molecular formula is C17H19ClFN. The second-order valence-corrected chi connectivity index (χ2v) is 5.51. The zero-order valence-corrected chi connectivity index (χ0v) is 12.5. The Morgan fingerprint density at radius 3 is 2.45 bits per heavy atom. The van der Waals surface area contributed by atoms with Gasteiger partial charge in [-0.15, -0.1) is 0 Å². The lowest BCUT2D eigenvalue weighted by Gasteiger charge is -2.19. The highest BCUT2D eigenvalue weighted by atomic mass is 35.5. The van der Waals surface area contributed by atoms with Crippen molar-refractivity contribution in [3.8, 4) is 0 Å². The minimum atomic E-state index is -0.302. The van der Waals surface area contributed by atoms with Gasteiger partial charge in [0.25, 0.3) is 0 Å². The van der Waals surface area contributed by atoms with E-state index >= 15 is 0 Å². The van der Waals surface area contributed by atoms with Crippen LogP contribution in [0.15, 0.2) is 48.5 Å². The van der Waals surface area contributed by atoms with E-state index in [-0.39, 0.29) is 11.9 Å². The van der Waals surface area contributed by atoms with E-state index in [2.05, 4.69) is 24.4 Å². The van der Waals surface area contributed by atoms with Crippen molar-refractivity contribution in [2.24, 2.45) is 0 Å². The maximum absolute atomic E-state index is 13.0. The molecule has 2 rings (SSSR count). The second kappa shape index (κ2) is 6.87. The molecule has 0 fully saturated rings. The van der Waals surface area contributed by atoms with Crippen LogP contribution in [0.3, 0.4) is 0 Å². The third kappa shape index (κ3) is 3.81. The molecule has 0 bridgehead atoms. The van der Waals surface area contributed by atoms with Crippen molar-refractivity contribution in [3.05, 3.63) is 70.5 Å². The summed E-state index contributed by atoms with van der Waals surface area (Å²) in [7, 11) is 0. The molecule has 0 aromatic heterocycles. The van der Waals surface area contributed by atoms with Gasteiger partial charge in [-0.3, -0.25) is 0 Å². The first-order valence-corrected chi connectivity index (χ1v) is 7.19. The van der Waals surface area contributed by atoms with Crippen LogP contribution in [0.5, 0.6) is 0 Å². The molecule has 0 heterocycles. The fourth-order valence-electron chi connectivity index (χ4n) is 2.22. The predicted molar refractivity (Wildman–Crippen MR) is 82.7 cm³/mol. The van der Waals surface area contributed by atoms with Gasteiger partial charge in [0.2, 0.25) is 0 Å². The van der Waals surface area contributed by atoms with Gasteiger partial charge in [0.05, 0.1) is 0 Å². The van der Waals surface area contributed by atoms with Gasteiger partial charge in [0.15, 0.2) is 0 Å². The predicted octanol–water partition coefficient (Wildman–Crippen LogP) is 4.93. The molecule has 0 aliphatic heterocycles. The van der Waals surface area contributed by atoms with Crippen molar-refractivity contribution < 1.29 is 4.39 Å². The molecule has 2 aromatic rings. The average Bonchev–Trinajstić information content (AvgIpc) is 2.45. The highest BCUT2D eigenvalue weighted by Gasteiger charge is 2.12. The molecule has 0 spiro atoms. The Hall–Kier alpha value is -1.38. The van der Waals surface area contributed by atoms with Crippen LogP contribution in [-0.4, -0.2) is 6.54 Å². The van der Waals surface area contributed by atoms with Gasteiger partial charge in [-0.25, -0.2) is 4.39 Å². The Labute approximate surface area is 124 Å². The normalized spacial score (nSPS) is 14.0. The van der Waals surface area contributed by atoms with E-state index < -0.39 is 0 Å². The van der Waals surface area contributed by atoms with Crippen molar-refractivity contribution in [3.63, 3.8) is 0 Å². The van der Waals surface area contributed by atoms with Gasteiger partial charge >= 0.3 is 0 Å². The van der Waals surface area contributed by atoms with Gasteiger partial charge < -0.3 is 5.32 Å². The highest BCUT2D eigenvalue weighted by molar-refractivity contribution is 6.31. The molecule has 106 valence electrons. The molecule has 20 heavy (non-hydrogen) atoms. The Bertz CT molecular complexity index is 556. The maximum atomic E-state index is 13.0. The molecule has 0 aliphatic rings. The third-order valence-electron chi connectivity index (χ3n) is 3.53. The summed E-state index contributed by atoms with van der Waals surface area (Å²) in [5.74, 6) is 0.112. The molecule has 1 nitrogen and oxygen atoms in total. The summed E-state index contributed by atoms with van der Waals surface area (Å²) in [5, 5.41) is 3.92. The fraction of sp³-hybridized carbons (Fsp3) is 0.294. The van der Waals surface area contributed by atoms with Crippen molar-refractivity contribution in [2.75, 3.05) is 6.54 Å². The minimum absolute atomic E-state index is 0.0919. The molecule has 0 amide bonds. The van der Waals surface area contributed by atoms with Crippen molar-refractivity contribution in [1.29, 1.82) is 0 Å². The molecule has 2 unspecified atom stereocenters. The van der Waals surface area contributed by atoms with Gasteiger partial charge in [-0.1, -0.05) is 54.9 Å². The summed E-state index contributed by atoms with van der Waals surface area (Å²) in [6.07, 6.45) is 0. The highest BCUT2D eigenvalue weighted by Crippen LogP contribution is 2.24. The largest absolute Gasteiger partial charge is 0.310 e. The minimum Gasteiger partial charge on any atom is -0.310 e. The van der Waals surface area contributed by atoms with E-state index in [9.17, 15) is 4.39 Å². The third-order valence-corrected chi connectivity index (χ3v) is 3.86. The van der Waals surface area contributed by atoms with Gasteiger partial charge in [0, 0.05) is 17.6 Å². The number of rotatable bonds is 5. The topological polar surface area (TPSA) is 12.0 Å². The first kappa shape index (κ1) is 15.0. The Kier molecular flexibility index (Phi) is 5.16. The van der Waals surface area contributed by atoms with Crippen LogP contribution in [0.1, 0.15) is 36.9 Å². The number of halogens is 2. The second-order valence-electron chi connectivity index (χ2n) is 5.11. The smallest absolute Gasteiger partial charge is 0.124 e. The Morgan fingerprint density at radius 2 is 1.80 bits per heavy atom. The summed E-state index contributed by atoms with van der Waals surface area (Å²) in [4.78, 5) is 0. The lowest BCUT2D eigenvalue weighted by Crippen LogP contribution is -2.23. The maximum Gasteiger partial charge on any atom is 0.124 e. The van der Waals surface area contributed by atoms with E-state index in [0.717, 1.165) is 12.1 Å². The lowest BCUT2D eigenvalue weighted by molar-refractivity contribution is 0.536. The van der Waals surface area contributed by atoms with Crippen LogP contribution >= 0.6 is 11.6 Å². The SMILES string of the molecule is CC(CNC(C)c1ccc(F)cc1Cl)c1ccccc1. The monoisotopic (exact) mass is 291 g/mol. The van der Waals surface area contributed by atoms with Crippen molar-refractivity contribution in [2.45, 2.75) is 25.8 Å². The Morgan fingerprint density at radius 1 is 1.10 bits per heavy atom. The number of benzene rings is 2. The van der Waals surface area contributed by atoms with Gasteiger partial charge in [-0.05, 0) is 36.1 Å². The number of nitrogens with one attached hydrogen (secondary N) is 1. The molecule has 1 N–H and O–H groups in total. The van der Waals surface area contributed by atoms with E-state index in [1.165, 1.54) is 17.7 Å². The van der Waals surface area contributed by atoms with Crippen LogP contribution < -0.4 is 5.32 Å². The lowest BCUT2D eigenvalue weighted by atomic mass is 10.0. The van der Waals surface area contributed by atoms with E-state index in [4.69, 9.17) is 11.6 Å². The summed E-state index contributed by atoms with van der Waals surface area (Å²) >= 11 is 6.08. The molecule has 0 saturated carbocycles. The van der Waals surface area contributed by atoms with Gasteiger partial charge in [0.1, 0.15) is 5.82 Å². The molecule has 2 aromatic carbocycles. The zero-order valence-electron chi connectivity index (χ0n) is 11.7. The Balaban J connectivity index is 1.96. The van der Waals surface area contributed by atoms with Crippen molar-refractivity contribution in [1.82, 2.24) is 5.32 Å². The molecule has 0 saturated heterocycles. The summed E-state index contributed by atoms with van der Waals surface area (Å²) in [6, 6.07) is 15.0. The fourth-order valence-corrected chi connectivity index (χ4v) is 2.55. The number of hydrogen-bond acceptors (Lipinski definition) is 1. The summed E-state index contributed by atoms with van der Waals surface area (Å²) in [5.41, 5.74) is 2.23. The first-order chi connectivity index (χ1) is 9.58. The van der Waals surface area contributed by atoms with E-state index in [1.807, 2.05) is 25.1 Å². The number of hydrogen-bond donors (Lipinski definition) is 1. The average molecular weight is 292 g/mol. The molecule has 2 atom stereocenters. The van der Waals surface area contributed by atoms with E-state index in [0.29, 0.717) is 10.9 Å². The first-order valence-electron chi connectivity index (χ1n) is 6.81.